The molecule has 0 saturated heterocycles. The summed E-state index contributed by atoms with van der Waals surface area (Å²) >= 11 is 3.37. The van der Waals surface area contributed by atoms with E-state index in [0.717, 1.165) is 29.5 Å². The van der Waals surface area contributed by atoms with Gasteiger partial charge in [-0.2, -0.15) is 0 Å². The smallest absolute Gasteiger partial charge is 0.124 e. The van der Waals surface area contributed by atoms with E-state index < -0.39 is 0 Å². The summed E-state index contributed by atoms with van der Waals surface area (Å²) < 4.78 is 6.71. The Morgan fingerprint density at radius 1 is 1.21 bits per heavy atom. The number of hydrogen-bond acceptors (Lipinski definition) is 2. The Labute approximate surface area is 92.0 Å². The number of hydrogen-bond donors (Lipinski definition) is 1. The van der Waals surface area contributed by atoms with E-state index in [9.17, 15) is 5.11 Å². The Bertz CT molecular complexity index is 297. The minimum Gasteiger partial charge on any atom is -0.488 e. The summed E-state index contributed by atoms with van der Waals surface area (Å²) in [6.07, 6.45) is 2.57. The van der Waals surface area contributed by atoms with Gasteiger partial charge in [0.05, 0.1) is 6.10 Å². The molecule has 1 fully saturated rings. The molecule has 0 aromatic heterocycles. The molecule has 1 aromatic rings. The molecule has 1 aliphatic carbocycles. The average molecular weight is 257 g/mol. The molecule has 1 N–H and O–H groups in total. The van der Waals surface area contributed by atoms with Crippen molar-refractivity contribution in [1.29, 1.82) is 0 Å². The van der Waals surface area contributed by atoms with Crippen LogP contribution in [0.1, 0.15) is 19.3 Å². The van der Waals surface area contributed by atoms with Crippen molar-refractivity contribution in [2.45, 2.75) is 31.5 Å². The lowest BCUT2D eigenvalue weighted by Crippen LogP contribution is -2.25. The van der Waals surface area contributed by atoms with Gasteiger partial charge in [0.1, 0.15) is 11.9 Å². The molecule has 0 bridgehead atoms. The lowest BCUT2D eigenvalue weighted by molar-refractivity contribution is 0.0604. The highest BCUT2D eigenvalue weighted by molar-refractivity contribution is 9.10. The van der Waals surface area contributed by atoms with E-state index in [1.165, 1.54) is 0 Å². The first-order valence-corrected chi connectivity index (χ1v) is 5.65. The van der Waals surface area contributed by atoms with Gasteiger partial charge in [-0.1, -0.05) is 15.9 Å². The second-order valence-corrected chi connectivity index (χ2v) is 4.52. The van der Waals surface area contributed by atoms with E-state index in [1.807, 2.05) is 24.3 Å². The van der Waals surface area contributed by atoms with Gasteiger partial charge in [-0.05, 0) is 43.5 Å². The van der Waals surface area contributed by atoms with E-state index in [4.69, 9.17) is 4.74 Å². The number of ether oxygens (including phenoxy) is 1. The molecule has 0 unspecified atom stereocenters. The predicted octanol–water partition coefficient (Wildman–Crippen LogP) is 2.74. The minimum atomic E-state index is -0.293. The normalized spacial score (nSPS) is 26.4. The standard InChI is InChI=1S/C11H13BrO2/c12-8-4-6-9(7-5-8)14-11-3-1-2-10(11)13/h4-7,10-11,13H,1-3H2/t10-,11-/m0/s1. The zero-order chi connectivity index (χ0) is 9.97. The molecule has 2 nitrogen and oxygen atoms in total. The van der Waals surface area contributed by atoms with Crippen molar-refractivity contribution < 1.29 is 9.84 Å². The highest BCUT2D eigenvalue weighted by Gasteiger charge is 2.26. The lowest BCUT2D eigenvalue weighted by atomic mass is 10.2. The predicted molar refractivity (Wildman–Crippen MR) is 58.4 cm³/mol. The van der Waals surface area contributed by atoms with E-state index in [1.54, 1.807) is 0 Å². The Balaban J connectivity index is 2.00. The van der Waals surface area contributed by atoms with Crippen molar-refractivity contribution in [3.05, 3.63) is 28.7 Å². The average Bonchev–Trinajstić information content (AvgIpc) is 2.56. The first-order chi connectivity index (χ1) is 6.75. The molecule has 0 aliphatic heterocycles. The molecule has 0 amide bonds. The molecular weight excluding hydrogens is 244 g/mol. The van der Waals surface area contributed by atoms with Crippen LogP contribution in [0.15, 0.2) is 28.7 Å². The number of benzene rings is 1. The summed E-state index contributed by atoms with van der Waals surface area (Å²) in [5.41, 5.74) is 0. The largest absolute Gasteiger partial charge is 0.488 e. The third kappa shape index (κ3) is 2.28. The second kappa shape index (κ2) is 4.32. The summed E-state index contributed by atoms with van der Waals surface area (Å²) in [4.78, 5) is 0. The Kier molecular flexibility index (Phi) is 3.08. The maximum Gasteiger partial charge on any atom is 0.124 e. The fourth-order valence-corrected chi connectivity index (χ4v) is 2.00. The first kappa shape index (κ1) is 9.99. The summed E-state index contributed by atoms with van der Waals surface area (Å²) in [5, 5.41) is 9.57. The number of aliphatic hydroxyl groups is 1. The van der Waals surface area contributed by atoms with Gasteiger partial charge < -0.3 is 9.84 Å². The zero-order valence-electron chi connectivity index (χ0n) is 7.82. The van der Waals surface area contributed by atoms with Gasteiger partial charge >= 0.3 is 0 Å². The molecule has 2 atom stereocenters. The number of rotatable bonds is 2. The van der Waals surface area contributed by atoms with Crippen molar-refractivity contribution in [1.82, 2.24) is 0 Å². The van der Waals surface area contributed by atoms with Gasteiger partial charge in [0.25, 0.3) is 0 Å². The zero-order valence-corrected chi connectivity index (χ0v) is 9.40. The van der Waals surface area contributed by atoms with Gasteiger partial charge in [0.15, 0.2) is 0 Å². The highest BCUT2D eigenvalue weighted by atomic mass is 79.9. The van der Waals surface area contributed by atoms with Crippen molar-refractivity contribution in [3.8, 4) is 5.75 Å². The second-order valence-electron chi connectivity index (χ2n) is 3.61. The molecule has 76 valence electrons. The minimum absolute atomic E-state index is 0.0174. The van der Waals surface area contributed by atoms with Crippen LogP contribution in [0.4, 0.5) is 0 Å². The van der Waals surface area contributed by atoms with Gasteiger partial charge in [-0.25, -0.2) is 0 Å². The highest BCUT2D eigenvalue weighted by Crippen LogP contribution is 2.25. The van der Waals surface area contributed by atoms with Crippen LogP contribution in [0.5, 0.6) is 5.75 Å². The summed E-state index contributed by atoms with van der Waals surface area (Å²) in [6.45, 7) is 0. The van der Waals surface area contributed by atoms with Crippen molar-refractivity contribution >= 4 is 15.9 Å². The van der Waals surface area contributed by atoms with Crippen LogP contribution in [0.2, 0.25) is 0 Å². The monoisotopic (exact) mass is 256 g/mol. The molecule has 0 radical (unpaired) electrons. The Morgan fingerprint density at radius 3 is 2.50 bits per heavy atom. The summed E-state index contributed by atoms with van der Waals surface area (Å²) in [6, 6.07) is 7.71. The van der Waals surface area contributed by atoms with E-state index >= 15 is 0 Å². The molecule has 3 heteroatoms. The van der Waals surface area contributed by atoms with E-state index in [-0.39, 0.29) is 12.2 Å². The van der Waals surface area contributed by atoms with Gasteiger partial charge in [-0.15, -0.1) is 0 Å². The van der Waals surface area contributed by atoms with Crippen LogP contribution in [0, 0.1) is 0 Å². The molecular formula is C11H13BrO2. The maximum atomic E-state index is 9.57. The first-order valence-electron chi connectivity index (χ1n) is 4.86. The van der Waals surface area contributed by atoms with Crippen molar-refractivity contribution in [2.75, 3.05) is 0 Å². The van der Waals surface area contributed by atoms with Crippen molar-refractivity contribution in [2.24, 2.45) is 0 Å². The third-order valence-corrected chi connectivity index (χ3v) is 3.05. The van der Waals surface area contributed by atoms with Crippen LogP contribution >= 0.6 is 15.9 Å². The van der Waals surface area contributed by atoms with Gasteiger partial charge in [0.2, 0.25) is 0 Å². The van der Waals surface area contributed by atoms with Gasteiger partial charge in [-0.3, -0.25) is 0 Å². The molecule has 1 saturated carbocycles. The van der Waals surface area contributed by atoms with E-state index in [0.29, 0.717) is 0 Å². The van der Waals surface area contributed by atoms with Crippen molar-refractivity contribution in [3.63, 3.8) is 0 Å². The fraction of sp³-hybridized carbons (Fsp3) is 0.455. The molecule has 1 aliphatic rings. The molecule has 0 spiro atoms. The number of aliphatic hydroxyl groups excluding tert-OH is 1. The van der Waals surface area contributed by atoms with Crippen LogP contribution in [-0.2, 0) is 0 Å². The van der Waals surface area contributed by atoms with Crippen LogP contribution in [0.3, 0.4) is 0 Å². The fourth-order valence-electron chi connectivity index (χ4n) is 1.73. The molecule has 1 aromatic carbocycles. The quantitative estimate of drug-likeness (QED) is 0.882. The summed E-state index contributed by atoms with van der Waals surface area (Å²) in [7, 11) is 0. The SMILES string of the molecule is O[C@H]1CCC[C@@H]1Oc1ccc(Br)cc1. The summed E-state index contributed by atoms with van der Waals surface area (Å²) in [5.74, 6) is 0.833. The van der Waals surface area contributed by atoms with Crippen LogP contribution < -0.4 is 4.74 Å². The van der Waals surface area contributed by atoms with Crippen LogP contribution in [-0.4, -0.2) is 17.3 Å². The van der Waals surface area contributed by atoms with Crippen LogP contribution in [0.25, 0.3) is 0 Å². The number of halogens is 1. The van der Waals surface area contributed by atoms with E-state index in [2.05, 4.69) is 15.9 Å². The maximum absolute atomic E-state index is 9.57. The molecule has 2 rings (SSSR count). The Hall–Kier alpha value is -0.540. The third-order valence-electron chi connectivity index (χ3n) is 2.52. The molecule has 0 heterocycles. The van der Waals surface area contributed by atoms with Gasteiger partial charge in [0, 0.05) is 4.47 Å². The Morgan fingerprint density at radius 2 is 1.93 bits per heavy atom. The lowest BCUT2D eigenvalue weighted by Gasteiger charge is -2.16. The topological polar surface area (TPSA) is 29.5 Å². The molecule has 14 heavy (non-hydrogen) atoms.